The number of sulfonamides is 1. The Morgan fingerprint density at radius 1 is 1.15 bits per heavy atom. The minimum atomic E-state index is -4.02. The number of anilines is 1. The Kier molecular flexibility index (Phi) is 7.59. The molecule has 1 aliphatic rings. The molecule has 2 aromatic carbocycles. The summed E-state index contributed by atoms with van der Waals surface area (Å²) >= 11 is 0. The molecular formula is C23H30N4O6S. The van der Waals surface area contributed by atoms with E-state index in [0.717, 1.165) is 19.2 Å². The van der Waals surface area contributed by atoms with E-state index in [1.54, 1.807) is 0 Å². The number of carbonyl (C=O) groups excluding carboxylic acids is 1. The molecule has 0 saturated carbocycles. The second-order valence-corrected chi connectivity index (χ2v) is 10.8. The first kappa shape index (κ1) is 25.6. The van der Waals surface area contributed by atoms with Crippen molar-refractivity contribution in [2.24, 2.45) is 0 Å². The first-order chi connectivity index (χ1) is 15.9. The standard InChI is InChI=1S/C23H30N4O6S/c1-16-13-26(14-17(2)33-16)23(3,4)15-24-22(28)18-8-10-19(11-9-18)25-34(31,32)21-7-5-6-20(12-21)27(29)30/h5-12,16-17,25H,13-15H2,1-4H3,(H,24,28)/t16-,17-/m1/s1. The molecule has 11 heteroatoms. The lowest BCUT2D eigenvalue weighted by atomic mass is 10.00. The molecule has 0 aliphatic carbocycles. The molecule has 3 rings (SSSR count). The van der Waals surface area contributed by atoms with Crippen LogP contribution < -0.4 is 10.0 Å². The van der Waals surface area contributed by atoms with Crippen molar-refractivity contribution in [3.63, 3.8) is 0 Å². The third-order valence-corrected chi connectivity index (χ3v) is 7.07. The smallest absolute Gasteiger partial charge is 0.270 e. The number of hydrogen-bond donors (Lipinski definition) is 2. The predicted octanol–water partition coefficient (Wildman–Crippen LogP) is 3.01. The van der Waals surface area contributed by atoms with Gasteiger partial charge in [0.25, 0.3) is 21.6 Å². The van der Waals surface area contributed by atoms with Crippen molar-refractivity contribution in [2.45, 2.75) is 50.3 Å². The number of nitro benzene ring substituents is 1. The van der Waals surface area contributed by atoms with E-state index in [1.165, 1.54) is 42.5 Å². The summed E-state index contributed by atoms with van der Waals surface area (Å²) in [6.07, 6.45) is 0.245. The summed E-state index contributed by atoms with van der Waals surface area (Å²) in [6.45, 7) is 10.2. The lowest BCUT2D eigenvalue weighted by Crippen LogP contribution is -2.58. The number of nitro groups is 1. The summed E-state index contributed by atoms with van der Waals surface area (Å²) in [6, 6.07) is 10.8. The number of nitrogens with one attached hydrogen (secondary N) is 2. The average Bonchev–Trinajstić information content (AvgIpc) is 2.77. The van der Waals surface area contributed by atoms with Crippen molar-refractivity contribution in [3.8, 4) is 0 Å². The van der Waals surface area contributed by atoms with Crippen molar-refractivity contribution in [3.05, 3.63) is 64.2 Å². The Morgan fingerprint density at radius 2 is 1.76 bits per heavy atom. The van der Waals surface area contributed by atoms with Gasteiger partial charge in [-0.05, 0) is 58.0 Å². The highest BCUT2D eigenvalue weighted by molar-refractivity contribution is 7.92. The first-order valence-electron chi connectivity index (χ1n) is 10.9. The van der Waals surface area contributed by atoms with Crippen LogP contribution in [0.25, 0.3) is 0 Å². The number of benzene rings is 2. The number of nitrogens with zero attached hydrogens (tertiary/aromatic N) is 2. The third kappa shape index (κ3) is 6.31. The molecule has 0 radical (unpaired) electrons. The number of morpholine rings is 1. The lowest BCUT2D eigenvalue weighted by molar-refractivity contribution is -0.385. The van der Waals surface area contributed by atoms with Gasteiger partial charge in [-0.25, -0.2) is 8.42 Å². The summed E-state index contributed by atoms with van der Waals surface area (Å²) in [5.74, 6) is -0.268. The minimum Gasteiger partial charge on any atom is -0.373 e. The Labute approximate surface area is 199 Å². The number of ether oxygens (including phenoxy) is 1. The van der Waals surface area contributed by atoms with Gasteiger partial charge < -0.3 is 10.1 Å². The zero-order valence-corrected chi connectivity index (χ0v) is 20.5. The summed E-state index contributed by atoms with van der Waals surface area (Å²) in [5, 5.41) is 13.9. The number of carbonyl (C=O) groups is 1. The highest BCUT2D eigenvalue weighted by atomic mass is 32.2. The van der Waals surface area contributed by atoms with Crippen molar-refractivity contribution >= 4 is 27.3 Å². The van der Waals surface area contributed by atoms with Gasteiger partial charge in [-0.2, -0.15) is 0 Å². The maximum absolute atomic E-state index is 12.7. The summed E-state index contributed by atoms with van der Waals surface area (Å²) in [7, 11) is -4.02. The maximum atomic E-state index is 12.7. The zero-order valence-electron chi connectivity index (χ0n) is 19.6. The molecule has 1 amide bonds. The van der Waals surface area contributed by atoms with E-state index in [4.69, 9.17) is 4.74 Å². The molecule has 2 aromatic rings. The zero-order chi connectivity index (χ0) is 25.1. The van der Waals surface area contributed by atoms with Crippen LogP contribution in [0, 0.1) is 10.1 Å². The van der Waals surface area contributed by atoms with Gasteiger partial charge in [-0.3, -0.25) is 24.5 Å². The van der Waals surface area contributed by atoms with Crippen LogP contribution in [0.4, 0.5) is 11.4 Å². The molecule has 1 saturated heterocycles. The van der Waals surface area contributed by atoms with Gasteiger partial charge in [0.15, 0.2) is 0 Å². The fourth-order valence-corrected chi connectivity index (χ4v) is 4.95. The highest BCUT2D eigenvalue weighted by Crippen LogP contribution is 2.22. The Morgan fingerprint density at radius 3 is 2.35 bits per heavy atom. The van der Waals surface area contributed by atoms with Gasteiger partial charge in [0.1, 0.15) is 0 Å². The predicted molar refractivity (Wildman–Crippen MR) is 128 cm³/mol. The molecule has 1 heterocycles. The molecule has 34 heavy (non-hydrogen) atoms. The van der Waals surface area contributed by atoms with Crippen LogP contribution in [0.5, 0.6) is 0 Å². The summed E-state index contributed by atoms with van der Waals surface area (Å²) in [4.78, 5) is 25.0. The van der Waals surface area contributed by atoms with Crippen LogP contribution in [-0.4, -0.2) is 61.5 Å². The first-order valence-corrected chi connectivity index (χ1v) is 12.4. The SMILES string of the molecule is C[C@@H]1CN(C(C)(C)CNC(=O)c2ccc(NS(=O)(=O)c3cccc([N+](=O)[O-])c3)cc2)C[C@@H](C)O1. The number of non-ortho nitro benzene ring substituents is 1. The second-order valence-electron chi connectivity index (χ2n) is 9.09. The van der Waals surface area contributed by atoms with E-state index in [0.29, 0.717) is 12.1 Å². The molecule has 0 unspecified atom stereocenters. The van der Waals surface area contributed by atoms with Gasteiger partial charge >= 0.3 is 0 Å². The minimum absolute atomic E-state index is 0.122. The van der Waals surface area contributed by atoms with E-state index in [9.17, 15) is 23.3 Å². The van der Waals surface area contributed by atoms with E-state index in [-0.39, 0.29) is 39.9 Å². The van der Waals surface area contributed by atoms with Crippen molar-refractivity contribution in [2.75, 3.05) is 24.4 Å². The normalized spacial score (nSPS) is 19.4. The second kappa shape index (κ2) is 10.1. The molecule has 184 valence electrons. The van der Waals surface area contributed by atoms with Gasteiger partial charge in [-0.1, -0.05) is 6.07 Å². The Hall–Kier alpha value is -3.02. The molecule has 1 aliphatic heterocycles. The molecule has 0 aromatic heterocycles. The molecule has 0 spiro atoms. The van der Waals surface area contributed by atoms with Crippen LogP contribution >= 0.6 is 0 Å². The van der Waals surface area contributed by atoms with E-state index in [2.05, 4.69) is 28.8 Å². The van der Waals surface area contributed by atoms with Gasteiger partial charge in [0, 0.05) is 48.6 Å². The fraction of sp³-hybridized carbons (Fsp3) is 0.435. The maximum Gasteiger partial charge on any atom is 0.270 e. The van der Waals surface area contributed by atoms with Crippen molar-refractivity contribution < 1.29 is 22.9 Å². The molecule has 2 N–H and O–H groups in total. The van der Waals surface area contributed by atoms with E-state index >= 15 is 0 Å². The monoisotopic (exact) mass is 490 g/mol. The average molecular weight is 491 g/mol. The molecular weight excluding hydrogens is 460 g/mol. The van der Waals surface area contributed by atoms with Crippen LogP contribution in [0.1, 0.15) is 38.1 Å². The number of rotatable bonds is 8. The van der Waals surface area contributed by atoms with Gasteiger partial charge in [-0.15, -0.1) is 0 Å². The van der Waals surface area contributed by atoms with E-state index < -0.39 is 14.9 Å². The van der Waals surface area contributed by atoms with Crippen LogP contribution in [0.15, 0.2) is 53.4 Å². The number of hydrogen-bond acceptors (Lipinski definition) is 7. The quantitative estimate of drug-likeness (QED) is 0.430. The van der Waals surface area contributed by atoms with Crippen molar-refractivity contribution in [1.29, 1.82) is 0 Å². The van der Waals surface area contributed by atoms with E-state index in [1.807, 2.05) is 13.8 Å². The van der Waals surface area contributed by atoms with Crippen LogP contribution in [0.2, 0.25) is 0 Å². The van der Waals surface area contributed by atoms with Gasteiger partial charge in [0.05, 0.1) is 22.0 Å². The Balaban J connectivity index is 1.62. The third-order valence-electron chi connectivity index (χ3n) is 5.70. The van der Waals surface area contributed by atoms with Crippen molar-refractivity contribution in [1.82, 2.24) is 10.2 Å². The molecule has 0 bridgehead atoms. The summed E-state index contributed by atoms with van der Waals surface area (Å²) in [5.41, 5.74) is 0.0341. The molecule has 2 atom stereocenters. The highest BCUT2D eigenvalue weighted by Gasteiger charge is 2.33. The lowest BCUT2D eigenvalue weighted by Gasteiger charge is -2.45. The van der Waals surface area contributed by atoms with Gasteiger partial charge in [0.2, 0.25) is 0 Å². The Bertz CT molecular complexity index is 1140. The summed E-state index contributed by atoms with van der Waals surface area (Å²) < 4.78 is 33.3. The van der Waals surface area contributed by atoms with Crippen LogP contribution in [-0.2, 0) is 14.8 Å². The largest absolute Gasteiger partial charge is 0.373 e. The fourth-order valence-electron chi connectivity index (χ4n) is 3.85. The topological polar surface area (TPSA) is 131 Å². The molecule has 10 nitrogen and oxygen atoms in total. The molecule has 1 fully saturated rings. The number of amides is 1. The van der Waals surface area contributed by atoms with Crippen LogP contribution in [0.3, 0.4) is 0 Å².